The van der Waals surface area contributed by atoms with Crippen molar-refractivity contribution in [2.24, 2.45) is 7.05 Å². The summed E-state index contributed by atoms with van der Waals surface area (Å²) in [6.45, 7) is 2.19. The summed E-state index contributed by atoms with van der Waals surface area (Å²) in [4.78, 5) is 4.57. The molecule has 1 aromatic heterocycles. The summed E-state index contributed by atoms with van der Waals surface area (Å²) in [5, 5.41) is 4.44. The van der Waals surface area contributed by atoms with Crippen molar-refractivity contribution in [3.63, 3.8) is 0 Å². The van der Waals surface area contributed by atoms with Crippen LogP contribution in [0, 0.1) is 0 Å². The van der Waals surface area contributed by atoms with E-state index in [9.17, 15) is 0 Å². The normalized spacial score (nSPS) is 10.6. The van der Waals surface area contributed by atoms with Crippen LogP contribution in [0.2, 0.25) is 0 Å². The highest BCUT2D eigenvalue weighted by Crippen LogP contribution is 2.15. The van der Waals surface area contributed by atoms with Gasteiger partial charge in [-0.1, -0.05) is 43.7 Å². The largest absolute Gasteiger partial charge is 0.253 e. The summed E-state index contributed by atoms with van der Waals surface area (Å²) in [6.07, 6.45) is 3.36. The molecule has 0 spiro atoms. The first-order valence-corrected chi connectivity index (χ1v) is 5.76. The molecule has 2 aromatic rings. The van der Waals surface area contributed by atoms with Crippen LogP contribution in [0.5, 0.6) is 0 Å². The average Bonchev–Trinajstić information content (AvgIpc) is 2.69. The van der Waals surface area contributed by atoms with Crippen LogP contribution in [0.3, 0.4) is 0 Å². The Balaban J connectivity index is 2.24. The molecule has 84 valence electrons. The van der Waals surface area contributed by atoms with Gasteiger partial charge < -0.3 is 0 Å². The van der Waals surface area contributed by atoms with E-state index < -0.39 is 0 Å². The fourth-order valence-corrected chi connectivity index (χ4v) is 1.68. The maximum absolute atomic E-state index is 4.57. The van der Waals surface area contributed by atoms with Gasteiger partial charge in [0.2, 0.25) is 0 Å². The third kappa shape index (κ3) is 2.30. The number of aromatic nitrogens is 3. The van der Waals surface area contributed by atoms with Crippen molar-refractivity contribution in [2.45, 2.75) is 26.2 Å². The van der Waals surface area contributed by atoms with Gasteiger partial charge in [-0.15, -0.1) is 0 Å². The van der Waals surface area contributed by atoms with Crippen LogP contribution in [-0.4, -0.2) is 14.8 Å². The zero-order valence-corrected chi connectivity index (χ0v) is 9.85. The minimum absolute atomic E-state index is 0.828. The van der Waals surface area contributed by atoms with Crippen molar-refractivity contribution in [3.05, 3.63) is 36.2 Å². The molecule has 1 heterocycles. The van der Waals surface area contributed by atoms with Gasteiger partial charge in [0.1, 0.15) is 5.82 Å². The van der Waals surface area contributed by atoms with Crippen molar-refractivity contribution in [2.75, 3.05) is 0 Å². The lowest BCUT2D eigenvalue weighted by atomic mass is 10.2. The standard InChI is InChI=1S/C13H17N3/c1-3-4-10-12-14-13(15-16(12)2)11-8-6-5-7-9-11/h5-9H,3-4,10H2,1-2H3. The van der Waals surface area contributed by atoms with Gasteiger partial charge in [0.15, 0.2) is 5.82 Å². The molecular formula is C13H17N3. The van der Waals surface area contributed by atoms with Gasteiger partial charge in [-0.05, 0) is 6.42 Å². The summed E-state index contributed by atoms with van der Waals surface area (Å²) in [5.41, 5.74) is 1.08. The smallest absolute Gasteiger partial charge is 0.181 e. The van der Waals surface area contributed by atoms with Crippen LogP contribution in [0.4, 0.5) is 0 Å². The number of unbranched alkanes of at least 4 members (excludes halogenated alkanes) is 1. The van der Waals surface area contributed by atoms with Crippen LogP contribution in [0.25, 0.3) is 11.4 Å². The first-order valence-electron chi connectivity index (χ1n) is 5.76. The van der Waals surface area contributed by atoms with E-state index in [1.54, 1.807) is 0 Å². The highest BCUT2D eigenvalue weighted by Gasteiger charge is 2.07. The first-order chi connectivity index (χ1) is 7.81. The SMILES string of the molecule is CCCCc1nc(-c2ccccc2)nn1C. The lowest BCUT2D eigenvalue weighted by Gasteiger charge is -1.95. The van der Waals surface area contributed by atoms with E-state index in [-0.39, 0.29) is 0 Å². The second kappa shape index (κ2) is 4.92. The number of rotatable bonds is 4. The summed E-state index contributed by atoms with van der Waals surface area (Å²) in [6, 6.07) is 10.1. The van der Waals surface area contributed by atoms with Gasteiger partial charge in [0, 0.05) is 19.0 Å². The van der Waals surface area contributed by atoms with Gasteiger partial charge in [-0.25, -0.2) is 4.98 Å². The third-order valence-electron chi connectivity index (χ3n) is 2.64. The molecule has 0 saturated heterocycles. The number of benzene rings is 1. The lowest BCUT2D eigenvalue weighted by molar-refractivity contribution is 0.665. The molecule has 0 atom stereocenters. The van der Waals surface area contributed by atoms with E-state index in [4.69, 9.17) is 0 Å². The van der Waals surface area contributed by atoms with E-state index in [1.165, 1.54) is 12.8 Å². The molecule has 0 amide bonds. The van der Waals surface area contributed by atoms with Crippen LogP contribution >= 0.6 is 0 Å². The molecule has 0 aliphatic heterocycles. The average molecular weight is 215 g/mol. The van der Waals surface area contributed by atoms with Crippen LogP contribution in [0.1, 0.15) is 25.6 Å². The Morgan fingerprint density at radius 2 is 1.94 bits per heavy atom. The monoisotopic (exact) mass is 215 g/mol. The molecule has 0 fully saturated rings. The Morgan fingerprint density at radius 1 is 1.19 bits per heavy atom. The molecule has 3 nitrogen and oxygen atoms in total. The van der Waals surface area contributed by atoms with Crippen LogP contribution < -0.4 is 0 Å². The van der Waals surface area contributed by atoms with Crippen molar-refractivity contribution < 1.29 is 0 Å². The minimum atomic E-state index is 0.828. The van der Waals surface area contributed by atoms with Crippen molar-refractivity contribution in [3.8, 4) is 11.4 Å². The van der Waals surface area contributed by atoms with Crippen molar-refractivity contribution in [1.82, 2.24) is 14.8 Å². The number of nitrogens with zero attached hydrogens (tertiary/aromatic N) is 3. The fourth-order valence-electron chi connectivity index (χ4n) is 1.68. The Kier molecular flexibility index (Phi) is 3.34. The van der Waals surface area contributed by atoms with Gasteiger partial charge in [-0.2, -0.15) is 5.10 Å². The van der Waals surface area contributed by atoms with E-state index in [0.717, 1.165) is 23.6 Å². The molecular weight excluding hydrogens is 198 g/mol. The molecule has 16 heavy (non-hydrogen) atoms. The molecule has 1 aromatic carbocycles. The lowest BCUT2D eigenvalue weighted by Crippen LogP contribution is -1.98. The zero-order valence-electron chi connectivity index (χ0n) is 9.85. The van der Waals surface area contributed by atoms with Gasteiger partial charge in [0.05, 0.1) is 0 Å². The highest BCUT2D eigenvalue weighted by molar-refractivity contribution is 5.53. The first kappa shape index (κ1) is 10.9. The number of aryl methyl sites for hydroxylation is 2. The fraction of sp³-hybridized carbons (Fsp3) is 0.385. The van der Waals surface area contributed by atoms with E-state index >= 15 is 0 Å². The molecule has 0 radical (unpaired) electrons. The van der Waals surface area contributed by atoms with E-state index in [1.807, 2.05) is 42.1 Å². The van der Waals surface area contributed by atoms with E-state index in [2.05, 4.69) is 17.0 Å². The minimum Gasteiger partial charge on any atom is -0.253 e. The van der Waals surface area contributed by atoms with Crippen molar-refractivity contribution in [1.29, 1.82) is 0 Å². The molecule has 0 saturated carbocycles. The Labute approximate surface area is 96.1 Å². The topological polar surface area (TPSA) is 30.7 Å². The van der Waals surface area contributed by atoms with Crippen molar-refractivity contribution >= 4 is 0 Å². The Bertz CT molecular complexity index is 445. The molecule has 0 N–H and O–H groups in total. The maximum atomic E-state index is 4.57. The second-order valence-corrected chi connectivity index (χ2v) is 3.94. The zero-order chi connectivity index (χ0) is 11.4. The van der Waals surface area contributed by atoms with Crippen LogP contribution in [0.15, 0.2) is 30.3 Å². The number of hydrogen-bond acceptors (Lipinski definition) is 2. The second-order valence-electron chi connectivity index (χ2n) is 3.94. The number of hydrogen-bond donors (Lipinski definition) is 0. The van der Waals surface area contributed by atoms with Gasteiger partial charge >= 0.3 is 0 Å². The van der Waals surface area contributed by atoms with Crippen LogP contribution in [-0.2, 0) is 13.5 Å². The molecule has 2 rings (SSSR count). The Morgan fingerprint density at radius 3 is 2.62 bits per heavy atom. The third-order valence-corrected chi connectivity index (χ3v) is 2.64. The summed E-state index contributed by atoms with van der Waals surface area (Å²) in [5.74, 6) is 1.90. The predicted octanol–water partition coefficient (Wildman–Crippen LogP) is 2.82. The molecule has 0 unspecified atom stereocenters. The molecule has 0 aliphatic rings. The quantitative estimate of drug-likeness (QED) is 0.785. The maximum Gasteiger partial charge on any atom is 0.181 e. The summed E-state index contributed by atoms with van der Waals surface area (Å²) < 4.78 is 1.89. The molecule has 0 aliphatic carbocycles. The summed E-state index contributed by atoms with van der Waals surface area (Å²) in [7, 11) is 1.96. The summed E-state index contributed by atoms with van der Waals surface area (Å²) >= 11 is 0. The highest BCUT2D eigenvalue weighted by atomic mass is 15.3. The molecule has 0 bridgehead atoms. The van der Waals surface area contributed by atoms with Gasteiger partial charge in [0.25, 0.3) is 0 Å². The van der Waals surface area contributed by atoms with Gasteiger partial charge in [-0.3, -0.25) is 4.68 Å². The molecule has 3 heteroatoms. The Hall–Kier alpha value is -1.64. The van der Waals surface area contributed by atoms with E-state index in [0.29, 0.717) is 0 Å². The predicted molar refractivity (Wildman–Crippen MR) is 65.1 cm³/mol.